The molecule has 1 N–H and O–H groups in total. The monoisotopic (exact) mass is 263 g/mol. The van der Waals surface area contributed by atoms with Crippen LogP contribution < -0.4 is 5.32 Å². The largest absolute Gasteiger partial charge is 0.313 e. The van der Waals surface area contributed by atoms with Crippen molar-refractivity contribution in [3.05, 3.63) is 29.6 Å². The van der Waals surface area contributed by atoms with Gasteiger partial charge in [0.1, 0.15) is 0 Å². The fourth-order valence-corrected chi connectivity index (χ4v) is 2.26. The van der Waals surface area contributed by atoms with Gasteiger partial charge in [-0.05, 0) is 32.5 Å². The summed E-state index contributed by atoms with van der Waals surface area (Å²) >= 11 is 0. The van der Waals surface area contributed by atoms with Gasteiger partial charge in [-0.2, -0.15) is 0 Å². The Labute approximate surface area is 118 Å². The van der Waals surface area contributed by atoms with Gasteiger partial charge < -0.3 is 5.32 Å². The van der Waals surface area contributed by atoms with Crippen LogP contribution in [0.2, 0.25) is 0 Å². The van der Waals surface area contributed by atoms with Gasteiger partial charge in [0.2, 0.25) is 0 Å². The molecule has 3 heteroatoms. The molecule has 0 saturated heterocycles. The molecular formula is C16H29N3. The molecule has 0 amide bonds. The third kappa shape index (κ3) is 6.17. The van der Waals surface area contributed by atoms with Crippen LogP contribution in [0, 0.1) is 6.92 Å². The molecule has 0 saturated carbocycles. The second kappa shape index (κ2) is 8.28. The molecule has 1 aromatic heterocycles. The van der Waals surface area contributed by atoms with E-state index in [1.54, 1.807) is 0 Å². The summed E-state index contributed by atoms with van der Waals surface area (Å²) in [5.74, 6) is 0. The Kier molecular flexibility index (Phi) is 7.03. The summed E-state index contributed by atoms with van der Waals surface area (Å²) in [6, 6.07) is 7.38. The van der Waals surface area contributed by atoms with Gasteiger partial charge in [-0.3, -0.25) is 9.88 Å². The fraction of sp³-hybridized carbons (Fsp3) is 0.688. The first-order valence-electron chi connectivity index (χ1n) is 7.39. The Balaban J connectivity index is 2.57. The van der Waals surface area contributed by atoms with Gasteiger partial charge in [-0.1, -0.05) is 33.3 Å². The lowest BCUT2D eigenvalue weighted by atomic mass is 10.1. The highest BCUT2D eigenvalue weighted by molar-refractivity contribution is 5.09. The van der Waals surface area contributed by atoms with Crippen LogP contribution in [-0.2, 0) is 6.54 Å². The van der Waals surface area contributed by atoms with E-state index >= 15 is 0 Å². The number of nitrogens with zero attached hydrogens (tertiary/aromatic N) is 2. The Bertz CT molecular complexity index is 363. The predicted octanol–water partition coefficient (Wildman–Crippen LogP) is 2.99. The SMILES string of the molecule is CCCC(CNC(C)C)N(C)Cc1cccc(C)n1. The molecule has 0 radical (unpaired) electrons. The predicted molar refractivity (Wildman–Crippen MR) is 82.3 cm³/mol. The Morgan fingerprint density at radius 2 is 2.05 bits per heavy atom. The van der Waals surface area contributed by atoms with Crippen molar-refractivity contribution in [3.63, 3.8) is 0 Å². The standard InChI is InChI=1S/C16H29N3/c1-6-8-16(11-17-13(2)3)19(5)12-15-10-7-9-14(4)18-15/h7,9-10,13,16-17H,6,8,11-12H2,1-5H3. The first-order valence-corrected chi connectivity index (χ1v) is 7.39. The van der Waals surface area contributed by atoms with Crippen LogP contribution in [0.4, 0.5) is 0 Å². The van der Waals surface area contributed by atoms with Crippen molar-refractivity contribution in [1.82, 2.24) is 15.2 Å². The number of hydrogen-bond donors (Lipinski definition) is 1. The van der Waals surface area contributed by atoms with E-state index in [1.165, 1.54) is 12.8 Å². The van der Waals surface area contributed by atoms with Crippen LogP contribution in [0.15, 0.2) is 18.2 Å². The van der Waals surface area contributed by atoms with E-state index in [2.05, 4.69) is 55.2 Å². The molecule has 0 bridgehead atoms. The van der Waals surface area contributed by atoms with Crippen molar-refractivity contribution >= 4 is 0 Å². The van der Waals surface area contributed by atoms with Crippen molar-refractivity contribution < 1.29 is 0 Å². The van der Waals surface area contributed by atoms with Crippen LogP contribution in [0.5, 0.6) is 0 Å². The summed E-state index contributed by atoms with van der Waals surface area (Å²) in [4.78, 5) is 7.01. The number of likely N-dealkylation sites (N-methyl/N-ethyl adjacent to an activating group) is 1. The van der Waals surface area contributed by atoms with Gasteiger partial charge in [-0.15, -0.1) is 0 Å². The zero-order valence-electron chi connectivity index (χ0n) is 13.1. The van der Waals surface area contributed by atoms with Crippen LogP contribution in [0.1, 0.15) is 45.0 Å². The lowest BCUT2D eigenvalue weighted by Crippen LogP contribution is -2.41. The van der Waals surface area contributed by atoms with E-state index in [0.29, 0.717) is 12.1 Å². The molecule has 0 spiro atoms. The van der Waals surface area contributed by atoms with Crippen LogP contribution in [0.3, 0.4) is 0 Å². The van der Waals surface area contributed by atoms with Crippen LogP contribution in [-0.4, -0.2) is 35.6 Å². The maximum atomic E-state index is 4.59. The molecule has 0 aliphatic heterocycles. The summed E-state index contributed by atoms with van der Waals surface area (Å²) in [6.45, 7) is 10.7. The Hall–Kier alpha value is -0.930. The van der Waals surface area contributed by atoms with E-state index in [-0.39, 0.29) is 0 Å². The number of hydrogen-bond acceptors (Lipinski definition) is 3. The van der Waals surface area contributed by atoms with E-state index in [1.807, 2.05) is 13.0 Å². The van der Waals surface area contributed by atoms with Gasteiger partial charge in [0.15, 0.2) is 0 Å². The van der Waals surface area contributed by atoms with Crippen molar-refractivity contribution in [3.8, 4) is 0 Å². The summed E-state index contributed by atoms with van der Waals surface area (Å²) in [5, 5.41) is 3.55. The van der Waals surface area contributed by atoms with E-state index < -0.39 is 0 Å². The molecule has 1 aromatic rings. The molecule has 1 rings (SSSR count). The van der Waals surface area contributed by atoms with Gasteiger partial charge in [-0.25, -0.2) is 0 Å². The minimum absolute atomic E-state index is 0.546. The summed E-state index contributed by atoms with van der Waals surface area (Å²) < 4.78 is 0. The van der Waals surface area contributed by atoms with Gasteiger partial charge >= 0.3 is 0 Å². The van der Waals surface area contributed by atoms with Gasteiger partial charge in [0.05, 0.1) is 5.69 Å². The third-order valence-corrected chi connectivity index (χ3v) is 3.36. The highest BCUT2D eigenvalue weighted by Gasteiger charge is 2.14. The van der Waals surface area contributed by atoms with Crippen LogP contribution in [0.25, 0.3) is 0 Å². The average molecular weight is 263 g/mol. The third-order valence-electron chi connectivity index (χ3n) is 3.36. The molecule has 1 atom stereocenters. The quantitative estimate of drug-likeness (QED) is 0.781. The normalized spacial score (nSPS) is 13.2. The maximum Gasteiger partial charge on any atom is 0.0547 e. The minimum Gasteiger partial charge on any atom is -0.313 e. The highest BCUT2D eigenvalue weighted by Crippen LogP contribution is 2.09. The smallest absolute Gasteiger partial charge is 0.0547 e. The van der Waals surface area contributed by atoms with E-state index in [4.69, 9.17) is 0 Å². The van der Waals surface area contributed by atoms with Crippen molar-refractivity contribution in [2.24, 2.45) is 0 Å². The summed E-state index contributed by atoms with van der Waals surface area (Å²) in [6.07, 6.45) is 2.44. The molecule has 19 heavy (non-hydrogen) atoms. The topological polar surface area (TPSA) is 28.2 Å². The molecule has 1 heterocycles. The van der Waals surface area contributed by atoms with Crippen molar-refractivity contribution in [2.45, 2.75) is 59.2 Å². The number of rotatable bonds is 8. The van der Waals surface area contributed by atoms with E-state index in [0.717, 1.165) is 24.5 Å². The second-order valence-electron chi connectivity index (χ2n) is 5.69. The van der Waals surface area contributed by atoms with Gasteiger partial charge in [0, 0.05) is 30.9 Å². The van der Waals surface area contributed by atoms with E-state index in [9.17, 15) is 0 Å². The maximum absolute atomic E-state index is 4.59. The van der Waals surface area contributed by atoms with Crippen LogP contribution >= 0.6 is 0 Å². The molecule has 0 aromatic carbocycles. The molecular weight excluding hydrogens is 234 g/mol. The number of pyridine rings is 1. The lowest BCUT2D eigenvalue weighted by Gasteiger charge is -2.28. The Morgan fingerprint density at radius 3 is 2.63 bits per heavy atom. The second-order valence-corrected chi connectivity index (χ2v) is 5.69. The molecule has 1 unspecified atom stereocenters. The first-order chi connectivity index (χ1) is 9.02. The molecule has 0 fully saturated rings. The number of aryl methyl sites for hydroxylation is 1. The molecule has 108 valence electrons. The van der Waals surface area contributed by atoms with Crippen molar-refractivity contribution in [2.75, 3.05) is 13.6 Å². The summed E-state index contributed by atoms with van der Waals surface area (Å²) in [7, 11) is 2.20. The lowest BCUT2D eigenvalue weighted by molar-refractivity contribution is 0.209. The summed E-state index contributed by atoms with van der Waals surface area (Å²) in [5.41, 5.74) is 2.26. The number of nitrogens with one attached hydrogen (secondary N) is 1. The molecule has 0 aliphatic rings. The fourth-order valence-electron chi connectivity index (χ4n) is 2.26. The zero-order valence-corrected chi connectivity index (χ0v) is 13.1. The van der Waals surface area contributed by atoms with Gasteiger partial charge in [0.25, 0.3) is 0 Å². The highest BCUT2D eigenvalue weighted by atomic mass is 15.2. The number of aromatic nitrogens is 1. The minimum atomic E-state index is 0.546. The Morgan fingerprint density at radius 1 is 1.32 bits per heavy atom. The first kappa shape index (κ1) is 16.1. The zero-order chi connectivity index (χ0) is 14.3. The molecule has 3 nitrogen and oxygen atoms in total. The van der Waals surface area contributed by atoms with Crippen molar-refractivity contribution in [1.29, 1.82) is 0 Å². The average Bonchev–Trinajstić information content (AvgIpc) is 2.34. The molecule has 0 aliphatic carbocycles.